The van der Waals surface area contributed by atoms with E-state index in [4.69, 9.17) is 10.3 Å². The molecule has 0 bridgehead atoms. The van der Waals surface area contributed by atoms with Gasteiger partial charge in [-0.25, -0.2) is 0 Å². The van der Waals surface area contributed by atoms with Crippen molar-refractivity contribution in [3.05, 3.63) is 47.1 Å². The Kier molecular flexibility index (Phi) is 2.84. The molecule has 1 aromatic heterocycles. The highest BCUT2D eigenvalue weighted by Gasteiger charge is 2.31. The highest BCUT2D eigenvalue weighted by Crippen LogP contribution is 2.36. The molecule has 0 saturated heterocycles. The highest BCUT2D eigenvalue weighted by atomic mass is 16.5. The topological polar surface area (TPSA) is 64.9 Å². The molecule has 1 heterocycles. The Morgan fingerprint density at radius 2 is 1.80 bits per heavy atom. The third-order valence-corrected chi connectivity index (χ3v) is 4.70. The minimum absolute atomic E-state index is 0.297. The van der Waals surface area contributed by atoms with Crippen LogP contribution in [0, 0.1) is 0 Å². The third kappa shape index (κ3) is 2.04. The first-order valence-corrected chi connectivity index (χ1v) is 7.45. The van der Waals surface area contributed by atoms with Gasteiger partial charge in [0, 0.05) is 17.9 Å². The molecule has 2 aliphatic carbocycles. The minimum Gasteiger partial charge on any atom is -0.339 e. The van der Waals surface area contributed by atoms with Crippen LogP contribution in [0.25, 0.3) is 0 Å². The molecule has 4 heteroatoms. The van der Waals surface area contributed by atoms with Crippen LogP contribution < -0.4 is 5.73 Å². The molecule has 0 aliphatic heterocycles. The van der Waals surface area contributed by atoms with Crippen molar-refractivity contribution in [2.75, 3.05) is 0 Å². The molecule has 0 amide bonds. The largest absolute Gasteiger partial charge is 0.339 e. The van der Waals surface area contributed by atoms with Crippen LogP contribution in [0.4, 0.5) is 0 Å². The lowest BCUT2D eigenvalue weighted by Crippen LogP contribution is -2.14. The number of nitrogens with zero attached hydrogens (tertiary/aromatic N) is 2. The second kappa shape index (κ2) is 4.70. The van der Waals surface area contributed by atoms with Crippen molar-refractivity contribution >= 4 is 0 Å². The van der Waals surface area contributed by atoms with E-state index < -0.39 is 0 Å². The van der Waals surface area contributed by atoms with E-state index in [1.807, 2.05) is 0 Å². The first-order valence-electron chi connectivity index (χ1n) is 7.45. The van der Waals surface area contributed by atoms with Gasteiger partial charge >= 0.3 is 0 Å². The second-order valence-electron chi connectivity index (χ2n) is 6.13. The summed E-state index contributed by atoms with van der Waals surface area (Å²) in [7, 11) is 0. The standard InChI is InChI=1S/C16H19N3O/c17-14-6-5-12(9-14)16-18-15(19-20-16)13-7-10-3-1-2-4-11(10)8-13/h1-4,12-14H,5-9,17H2. The maximum Gasteiger partial charge on any atom is 0.229 e. The van der Waals surface area contributed by atoms with E-state index in [2.05, 4.69) is 34.4 Å². The van der Waals surface area contributed by atoms with Crippen molar-refractivity contribution < 1.29 is 4.52 Å². The van der Waals surface area contributed by atoms with Crippen LogP contribution in [-0.2, 0) is 12.8 Å². The van der Waals surface area contributed by atoms with E-state index in [0.29, 0.717) is 17.9 Å². The van der Waals surface area contributed by atoms with Crippen LogP contribution in [0.2, 0.25) is 0 Å². The molecule has 1 fully saturated rings. The van der Waals surface area contributed by atoms with Gasteiger partial charge in [0.15, 0.2) is 5.82 Å². The number of rotatable bonds is 2. The molecule has 2 N–H and O–H groups in total. The van der Waals surface area contributed by atoms with Crippen molar-refractivity contribution in [1.82, 2.24) is 10.1 Å². The lowest BCUT2D eigenvalue weighted by Gasteiger charge is -2.03. The Morgan fingerprint density at radius 1 is 1.05 bits per heavy atom. The van der Waals surface area contributed by atoms with Crippen LogP contribution in [0.5, 0.6) is 0 Å². The van der Waals surface area contributed by atoms with Gasteiger partial charge in [-0.3, -0.25) is 0 Å². The number of hydrogen-bond acceptors (Lipinski definition) is 4. The minimum atomic E-state index is 0.297. The van der Waals surface area contributed by atoms with E-state index in [1.54, 1.807) is 0 Å². The zero-order valence-corrected chi connectivity index (χ0v) is 11.5. The summed E-state index contributed by atoms with van der Waals surface area (Å²) in [5.74, 6) is 2.41. The van der Waals surface area contributed by atoms with Crippen molar-refractivity contribution in [3.63, 3.8) is 0 Å². The smallest absolute Gasteiger partial charge is 0.229 e. The fourth-order valence-electron chi connectivity index (χ4n) is 3.56. The van der Waals surface area contributed by atoms with Crippen molar-refractivity contribution in [1.29, 1.82) is 0 Å². The fourth-order valence-corrected chi connectivity index (χ4v) is 3.56. The maximum atomic E-state index is 5.96. The molecule has 4 rings (SSSR count). The zero-order chi connectivity index (χ0) is 13.5. The quantitative estimate of drug-likeness (QED) is 0.910. The summed E-state index contributed by atoms with van der Waals surface area (Å²) < 4.78 is 5.49. The number of nitrogens with two attached hydrogens (primary N) is 1. The lowest BCUT2D eigenvalue weighted by atomic mass is 10.1. The maximum absolute atomic E-state index is 5.96. The van der Waals surface area contributed by atoms with Gasteiger partial charge in [-0.05, 0) is 43.2 Å². The molecule has 1 saturated carbocycles. The Labute approximate surface area is 118 Å². The molecular formula is C16H19N3O. The predicted octanol–water partition coefficient (Wildman–Crippen LogP) is 2.55. The molecule has 104 valence electrons. The number of benzene rings is 1. The average Bonchev–Trinajstić information content (AvgIpc) is 3.16. The Morgan fingerprint density at radius 3 is 2.45 bits per heavy atom. The van der Waals surface area contributed by atoms with Gasteiger partial charge in [-0.2, -0.15) is 4.98 Å². The average molecular weight is 269 g/mol. The van der Waals surface area contributed by atoms with Gasteiger partial charge in [-0.15, -0.1) is 0 Å². The predicted molar refractivity (Wildman–Crippen MR) is 75.5 cm³/mol. The van der Waals surface area contributed by atoms with Gasteiger partial charge < -0.3 is 10.3 Å². The zero-order valence-electron chi connectivity index (χ0n) is 11.5. The monoisotopic (exact) mass is 269 g/mol. The molecule has 0 radical (unpaired) electrons. The first-order chi connectivity index (χ1) is 9.79. The Hall–Kier alpha value is -1.68. The second-order valence-corrected chi connectivity index (χ2v) is 6.13. The summed E-state index contributed by atoms with van der Waals surface area (Å²) in [6, 6.07) is 8.90. The molecule has 2 atom stereocenters. The summed E-state index contributed by atoms with van der Waals surface area (Å²) in [5.41, 5.74) is 8.80. The Bertz CT molecular complexity index is 597. The summed E-state index contributed by atoms with van der Waals surface area (Å²) in [5, 5.41) is 4.22. The molecule has 2 aromatic rings. The fraction of sp³-hybridized carbons (Fsp3) is 0.500. The number of fused-ring (bicyclic) bond motifs is 1. The summed E-state index contributed by atoms with van der Waals surface area (Å²) in [6.45, 7) is 0. The normalized spacial score (nSPS) is 26.1. The summed E-state index contributed by atoms with van der Waals surface area (Å²) in [6.07, 6.45) is 5.18. The van der Waals surface area contributed by atoms with Crippen LogP contribution in [0.3, 0.4) is 0 Å². The van der Waals surface area contributed by atoms with E-state index >= 15 is 0 Å². The summed E-state index contributed by atoms with van der Waals surface area (Å²) >= 11 is 0. The van der Waals surface area contributed by atoms with Gasteiger partial charge in [0.05, 0.1) is 0 Å². The van der Waals surface area contributed by atoms with Crippen molar-refractivity contribution in [2.24, 2.45) is 5.73 Å². The SMILES string of the molecule is NC1CCC(c2nc(C3Cc4ccccc4C3)no2)C1. The molecule has 4 nitrogen and oxygen atoms in total. The molecular weight excluding hydrogens is 250 g/mol. The van der Waals surface area contributed by atoms with E-state index in [-0.39, 0.29) is 0 Å². The molecule has 20 heavy (non-hydrogen) atoms. The van der Waals surface area contributed by atoms with E-state index in [0.717, 1.165) is 43.8 Å². The molecule has 2 aliphatic rings. The highest BCUT2D eigenvalue weighted by molar-refractivity contribution is 5.34. The van der Waals surface area contributed by atoms with Crippen LogP contribution in [0.1, 0.15) is 53.9 Å². The third-order valence-electron chi connectivity index (χ3n) is 4.70. The van der Waals surface area contributed by atoms with Crippen LogP contribution >= 0.6 is 0 Å². The summed E-state index contributed by atoms with van der Waals surface area (Å²) in [4.78, 5) is 4.66. The van der Waals surface area contributed by atoms with Crippen LogP contribution in [-0.4, -0.2) is 16.2 Å². The number of hydrogen-bond donors (Lipinski definition) is 1. The first kappa shape index (κ1) is 12.1. The number of aromatic nitrogens is 2. The van der Waals surface area contributed by atoms with E-state index in [1.165, 1.54) is 11.1 Å². The molecule has 1 aromatic carbocycles. The molecule has 0 spiro atoms. The van der Waals surface area contributed by atoms with Gasteiger partial charge in [0.25, 0.3) is 0 Å². The van der Waals surface area contributed by atoms with Gasteiger partial charge in [0.2, 0.25) is 5.89 Å². The van der Waals surface area contributed by atoms with Gasteiger partial charge in [0.1, 0.15) is 0 Å². The van der Waals surface area contributed by atoms with Crippen LogP contribution in [0.15, 0.2) is 28.8 Å². The molecule has 2 unspecified atom stereocenters. The van der Waals surface area contributed by atoms with E-state index in [9.17, 15) is 0 Å². The van der Waals surface area contributed by atoms with Crippen molar-refractivity contribution in [3.8, 4) is 0 Å². The Balaban J connectivity index is 1.52. The van der Waals surface area contributed by atoms with Crippen molar-refractivity contribution in [2.45, 2.75) is 50.0 Å². The lowest BCUT2D eigenvalue weighted by molar-refractivity contribution is 0.347. The van der Waals surface area contributed by atoms with Gasteiger partial charge in [-0.1, -0.05) is 29.4 Å².